The summed E-state index contributed by atoms with van der Waals surface area (Å²) in [6.07, 6.45) is 2.10. The van der Waals surface area contributed by atoms with Gasteiger partial charge in [-0.1, -0.05) is 23.7 Å². The fraction of sp³-hybridized carbons (Fsp3) is 0.316. The molecule has 0 bridgehead atoms. The fourth-order valence-electron chi connectivity index (χ4n) is 2.72. The number of rotatable bonds is 8. The molecule has 0 fully saturated rings. The molecule has 0 aliphatic carbocycles. The summed E-state index contributed by atoms with van der Waals surface area (Å²) < 4.78 is 53.6. The third kappa shape index (κ3) is 6.10. The van der Waals surface area contributed by atoms with Crippen LogP contribution in [-0.2, 0) is 24.7 Å². The van der Waals surface area contributed by atoms with Gasteiger partial charge in [0.05, 0.1) is 35.0 Å². The summed E-state index contributed by atoms with van der Waals surface area (Å²) in [6, 6.07) is 10.0. The van der Waals surface area contributed by atoms with E-state index in [9.17, 15) is 21.6 Å². The molecule has 2 aromatic rings. The molecule has 0 saturated carbocycles. The highest BCUT2D eigenvalue weighted by Gasteiger charge is 2.23. The Morgan fingerprint density at radius 1 is 1.10 bits per heavy atom. The largest absolute Gasteiger partial charge is 0.495 e. The maximum atomic E-state index is 12.5. The van der Waals surface area contributed by atoms with Crippen molar-refractivity contribution in [3.05, 3.63) is 53.1 Å². The molecule has 0 aliphatic rings. The minimum absolute atomic E-state index is 0.171. The molecule has 1 amide bonds. The van der Waals surface area contributed by atoms with Crippen LogP contribution in [0.5, 0.6) is 5.75 Å². The van der Waals surface area contributed by atoms with Gasteiger partial charge in [0.2, 0.25) is 15.9 Å². The Morgan fingerprint density at radius 2 is 1.70 bits per heavy atom. The van der Waals surface area contributed by atoms with Gasteiger partial charge in [0.25, 0.3) is 0 Å². The SMILES string of the molecule is COc1ccc(N(CC(=O)NC(C)c2ccc(S(C)(=O)=O)cc2)S(C)(=O)=O)cc1Cl. The molecule has 1 N–H and O–H groups in total. The molecule has 2 rings (SSSR count). The van der Waals surface area contributed by atoms with Crippen molar-refractivity contribution in [2.24, 2.45) is 0 Å². The van der Waals surface area contributed by atoms with Crippen LogP contribution in [0.1, 0.15) is 18.5 Å². The number of ether oxygens (including phenoxy) is 1. The van der Waals surface area contributed by atoms with Gasteiger partial charge in [-0.15, -0.1) is 0 Å². The van der Waals surface area contributed by atoms with Crippen LogP contribution in [0, 0.1) is 0 Å². The topological polar surface area (TPSA) is 110 Å². The van der Waals surface area contributed by atoms with E-state index in [0.29, 0.717) is 11.3 Å². The summed E-state index contributed by atoms with van der Waals surface area (Å²) in [5.74, 6) is -0.156. The van der Waals surface area contributed by atoms with Crippen molar-refractivity contribution < 1.29 is 26.4 Å². The Bertz CT molecular complexity index is 1130. The molecule has 164 valence electrons. The summed E-state index contributed by atoms with van der Waals surface area (Å²) in [4.78, 5) is 12.7. The molecule has 0 radical (unpaired) electrons. The zero-order chi connectivity index (χ0) is 22.7. The Balaban J connectivity index is 2.17. The van der Waals surface area contributed by atoms with E-state index in [-0.39, 0.29) is 15.6 Å². The molecule has 2 aromatic carbocycles. The van der Waals surface area contributed by atoms with E-state index < -0.39 is 38.4 Å². The van der Waals surface area contributed by atoms with Crippen LogP contribution in [-0.4, -0.2) is 48.9 Å². The van der Waals surface area contributed by atoms with Crippen molar-refractivity contribution in [3.63, 3.8) is 0 Å². The van der Waals surface area contributed by atoms with Gasteiger partial charge in [0.15, 0.2) is 9.84 Å². The molecule has 1 unspecified atom stereocenters. The van der Waals surface area contributed by atoms with E-state index in [1.807, 2.05) is 0 Å². The quantitative estimate of drug-likeness (QED) is 0.629. The first kappa shape index (κ1) is 24.0. The molecule has 0 saturated heterocycles. The number of anilines is 1. The third-order valence-corrected chi connectivity index (χ3v) is 6.86. The number of benzene rings is 2. The van der Waals surface area contributed by atoms with Gasteiger partial charge in [-0.05, 0) is 42.8 Å². The highest BCUT2D eigenvalue weighted by Crippen LogP contribution is 2.30. The number of nitrogens with zero attached hydrogens (tertiary/aromatic N) is 1. The first-order chi connectivity index (χ1) is 13.8. The van der Waals surface area contributed by atoms with Crippen LogP contribution >= 0.6 is 11.6 Å². The average Bonchev–Trinajstić information content (AvgIpc) is 2.64. The predicted octanol–water partition coefficient (Wildman–Crippen LogP) is 2.40. The van der Waals surface area contributed by atoms with Crippen LogP contribution in [0.25, 0.3) is 0 Å². The summed E-state index contributed by atoms with van der Waals surface area (Å²) in [5, 5.41) is 2.92. The lowest BCUT2D eigenvalue weighted by Crippen LogP contribution is -2.41. The van der Waals surface area contributed by atoms with Crippen molar-refractivity contribution in [2.75, 3.05) is 30.5 Å². The monoisotopic (exact) mass is 474 g/mol. The zero-order valence-corrected chi connectivity index (χ0v) is 19.3. The Morgan fingerprint density at radius 3 is 2.17 bits per heavy atom. The lowest BCUT2D eigenvalue weighted by molar-refractivity contribution is -0.120. The van der Waals surface area contributed by atoms with Crippen molar-refractivity contribution in [2.45, 2.75) is 17.9 Å². The smallest absolute Gasteiger partial charge is 0.241 e. The van der Waals surface area contributed by atoms with Crippen LogP contribution in [0.4, 0.5) is 5.69 Å². The van der Waals surface area contributed by atoms with Crippen LogP contribution in [0.2, 0.25) is 5.02 Å². The van der Waals surface area contributed by atoms with Gasteiger partial charge in [-0.3, -0.25) is 9.10 Å². The third-order valence-electron chi connectivity index (χ3n) is 4.30. The molecule has 0 aromatic heterocycles. The van der Waals surface area contributed by atoms with Gasteiger partial charge in [-0.2, -0.15) is 0 Å². The minimum atomic E-state index is -3.77. The summed E-state index contributed by atoms with van der Waals surface area (Å²) in [7, 11) is -5.65. The average molecular weight is 475 g/mol. The van der Waals surface area contributed by atoms with Crippen LogP contribution in [0.3, 0.4) is 0 Å². The van der Waals surface area contributed by atoms with E-state index in [1.165, 1.54) is 37.4 Å². The minimum Gasteiger partial charge on any atom is -0.495 e. The van der Waals surface area contributed by atoms with Gasteiger partial charge in [0, 0.05) is 6.26 Å². The zero-order valence-electron chi connectivity index (χ0n) is 16.9. The molecular weight excluding hydrogens is 452 g/mol. The Hall–Kier alpha value is -2.30. The van der Waals surface area contributed by atoms with E-state index in [0.717, 1.165) is 16.8 Å². The molecule has 8 nitrogen and oxygen atoms in total. The molecule has 30 heavy (non-hydrogen) atoms. The molecule has 1 atom stereocenters. The fourth-order valence-corrected chi connectivity index (χ4v) is 4.45. The Labute approximate surface area is 181 Å². The van der Waals surface area contributed by atoms with Gasteiger partial charge in [-0.25, -0.2) is 16.8 Å². The lowest BCUT2D eigenvalue weighted by Gasteiger charge is -2.24. The highest BCUT2D eigenvalue weighted by molar-refractivity contribution is 7.92. The molecule has 0 heterocycles. The number of halogens is 1. The number of sulfone groups is 1. The number of amides is 1. The number of sulfonamides is 1. The molecule has 0 aliphatic heterocycles. The van der Waals surface area contributed by atoms with Gasteiger partial charge in [0.1, 0.15) is 12.3 Å². The van der Waals surface area contributed by atoms with Crippen molar-refractivity contribution in [1.29, 1.82) is 0 Å². The number of hydrogen-bond donors (Lipinski definition) is 1. The first-order valence-electron chi connectivity index (χ1n) is 8.73. The summed E-state index contributed by atoms with van der Waals surface area (Å²) in [5.41, 5.74) is 0.901. The number of carbonyl (C=O) groups excluding carboxylic acids is 1. The number of hydrogen-bond acceptors (Lipinski definition) is 6. The van der Waals surface area contributed by atoms with Crippen molar-refractivity contribution >= 4 is 43.1 Å². The second-order valence-electron chi connectivity index (χ2n) is 6.72. The maximum absolute atomic E-state index is 12.5. The van der Waals surface area contributed by atoms with E-state index >= 15 is 0 Å². The maximum Gasteiger partial charge on any atom is 0.241 e. The van der Waals surface area contributed by atoms with E-state index in [1.54, 1.807) is 19.1 Å². The predicted molar refractivity (Wildman–Crippen MR) is 116 cm³/mol. The molecule has 0 spiro atoms. The van der Waals surface area contributed by atoms with Crippen molar-refractivity contribution in [3.8, 4) is 5.75 Å². The number of nitrogens with one attached hydrogen (secondary N) is 1. The highest BCUT2D eigenvalue weighted by atomic mass is 35.5. The van der Waals surface area contributed by atoms with Crippen molar-refractivity contribution in [1.82, 2.24) is 5.32 Å². The van der Waals surface area contributed by atoms with E-state index in [2.05, 4.69) is 5.32 Å². The van der Waals surface area contributed by atoms with Crippen LogP contribution < -0.4 is 14.4 Å². The normalized spacial score (nSPS) is 12.8. The standard InChI is InChI=1S/C19H23ClN2O6S2/c1-13(14-5-8-16(9-6-14)29(3,24)25)21-19(23)12-22(30(4,26)27)15-7-10-18(28-2)17(20)11-15/h5-11,13H,12H2,1-4H3,(H,21,23). The summed E-state index contributed by atoms with van der Waals surface area (Å²) >= 11 is 6.08. The molecule has 11 heteroatoms. The lowest BCUT2D eigenvalue weighted by atomic mass is 10.1. The Kier molecular flexibility index (Phi) is 7.38. The first-order valence-corrected chi connectivity index (χ1v) is 12.9. The van der Waals surface area contributed by atoms with Gasteiger partial charge >= 0.3 is 0 Å². The number of carbonyl (C=O) groups is 1. The second-order valence-corrected chi connectivity index (χ2v) is 11.0. The number of methoxy groups -OCH3 is 1. The van der Waals surface area contributed by atoms with E-state index in [4.69, 9.17) is 16.3 Å². The van der Waals surface area contributed by atoms with Gasteiger partial charge < -0.3 is 10.1 Å². The van der Waals surface area contributed by atoms with Crippen LogP contribution in [0.15, 0.2) is 47.4 Å². The summed E-state index contributed by atoms with van der Waals surface area (Å²) in [6.45, 7) is 1.26. The second kappa shape index (κ2) is 9.23. The molecular formula is C19H23ClN2O6S2.